The van der Waals surface area contributed by atoms with Crippen LogP contribution in [0.4, 0.5) is 16.0 Å². The molecule has 162 valence electrons. The first-order valence-electron chi connectivity index (χ1n) is 10.5. The van der Waals surface area contributed by atoms with Crippen LogP contribution in [0.3, 0.4) is 0 Å². The van der Waals surface area contributed by atoms with E-state index in [-0.39, 0.29) is 17.6 Å². The van der Waals surface area contributed by atoms with E-state index in [1.807, 2.05) is 6.92 Å². The second-order valence-corrected chi connectivity index (χ2v) is 7.48. The summed E-state index contributed by atoms with van der Waals surface area (Å²) in [5.41, 5.74) is 0.0585. The summed E-state index contributed by atoms with van der Waals surface area (Å²) in [6.45, 7) is 10.1. The summed E-state index contributed by atoms with van der Waals surface area (Å²) in [5.74, 6) is -0.478. The van der Waals surface area contributed by atoms with Crippen LogP contribution in [0.2, 0.25) is 0 Å². The molecular weight excluding hydrogens is 387 g/mol. The molecule has 9 heteroatoms. The number of hydrogen-bond acceptors (Lipinski definition) is 6. The predicted octanol–water partition coefficient (Wildman–Crippen LogP) is 2.17. The molecule has 3 rings (SSSR count). The zero-order valence-corrected chi connectivity index (χ0v) is 17.8. The van der Waals surface area contributed by atoms with Crippen molar-refractivity contribution in [2.45, 2.75) is 46.2 Å². The quantitative estimate of drug-likeness (QED) is 0.675. The minimum absolute atomic E-state index is 0.0665. The summed E-state index contributed by atoms with van der Waals surface area (Å²) in [6.07, 6.45) is 1.78. The summed E-state index contributed by atoms with van der Waals surface area (Å²) < 4.78 is 14.6. The molecule has 0 saturated carbocycles. The van der Waals surface area contributed by atoms with Gasteiger partial charge in [-0.3, -0.25) is 14.2 Å². The monoisotopic (exact) mass is 416 g/mol. The largest absolute Gasteiger partial charge is 0.348 e. The molecule has 1 amide bonds. The fourth-order valence-electron chi connectivity index (χ4n) is 3.64. The van der Waals surface area contributed by atoms with Gasteiger partial charge in [-0.15, -0.1) is 10.2 Å². The molecule has 0 bridgehead atoms. The van der Waals surface area contributed by atoms with Gasteiger partial charge in [0.2, 0.25) is 11.6 Å². The number of hydrogen-bond donors (Lipinski definition) is 1. The Labute approximate surface area is 175 Å². The highest BCUT2D eigenvalue weighted by Gasteiger charge is 2.27. The Balaban J connectivity index is 1.66. The first kappa shape index (κ1) is 21.9. The lowest BCUT2D eigenvalue weighted by Crippen LogP contribution is -2.39. The van der Waals surface area contributed by atoms with Gasteiger partial charge in [0.1, 0.15) is 5.82 Å². The molecule has 1 aliphatic rings. The Morgan fingerprint density at radius 3 is 2.57 bits per heavy atom. The molecule has 1 atom stereocenters. The Morgan fingerprint density at radius 1 is 1.20 bits per heavy atom. The SMILES string of the molecule is CCN(CC)CCC[C@@H](C)NC(=O)c1nnc2n(c1=O)CCN2c1ccc(F)cc1. The first-order chi connectivity index (χ1) is 14.4. The molecule has 1 N–H and O–H groups in total. The third-order valence-electron chi connectivity index (χ3n) is 5.45. The van der Waals surface area contributed by atoms with Crippen LogP contribution in [0.15, 0.2) is 29.1 Å². The lowest BCUT2D eigenvalue weighted by atomic mass is 10.1. The van der Waals surface area contributed by atoms with Crippen LogP contribution in [0, 0.1) is 5.82 Å². The van der Waals surface area contributed by atoms with Crippen molar-refractivity contribution in [1.82, 2.24) is 25.0 Å². The van der Waals surface area contributed by atoms with Crippen LogP contribution in [0.1, 0.15) is 44.1 Å². The molecule has 8 nitrogen and oxygen atoms in total. The number of anilines is 2. The summed E-state index contributed by atoms with van der Waals surface area (Å²) in [5, 5.41) is 10.9. The Bertz CT molecular complexity index is 926. The molecule has 1 aliphatic heterocycles. The number of rotatable bonds is 9. The van der Waals surface area contributed by atoms with Gasteiger partial charge in [0.05, 0.1) is 0 Å². The van der Waals surface area contributed by atoms with Crippen LogP contribution < -0.4 is 15.8 Å². The maximum atomic E-state index is 13.2. The molecule has 0 spiro atoms. The number of nitrogens with zero attached hydrogens (tertiary/aromatic N) is 5. The van der Waals surface area contributed by atoms with Crippen molar-refractivity contribution >= 4 is 17.5 Å². The van der Waals surface area contributed by atoms with Gasteiger partial charge in [0, 0.05) is 24.8 Å². The molecule has 0 unspecified atom stereocenters. The van der Waals surface area contributed by atoms with Crippen molar-refractivity contribution in [3.63, 3.8) is 0 Å². The number of aromatic nitrogens is 3. The third-order valence-corrected chi connectivity index (χ3v) is 5.45. The lowest BCUT2D eigenvalue weighted by Gasteiger charge is -2.19. The molecule has 0 saturated heterocycles. The van der Waals surface area contributed by atoms with Gasteiger partial charge in [0.25, 0.3) is 11.5 Å². The maximum Gasteiger partial charge on any atom is 0.286 e. The van der Waals surface area contributed by atoms with E-state index in [2.05, 4.69) is 34.3 Å². The van der Waals surface area contributed by atoms with Gasteiger partial charge in [-0.1, -0.05) is 13.8 Å². The first-order valence-corrected chi connectivity index (χ1v) is 10.5. The number of amides is 1. The number of halogens is 1. The van der Waals surface area contributed by atoms with Gasteiger partial charge >= 0.3 is 0 Å². The number of fused-ring (bicyclic) bond motifs is 1. The zero-order valence-electron chi connectivity index (χ0n) is 17.8. The van der Waals surface area contributed by atoms with Crippen LogP contribution in [0.25, 0.3) is 0 Å². The van der Waals surface area contributed by atoms with E-state index in [4.69, 9.17) is 0 Å². The zero-order chi connectivity index (χ0) is 21.7. The van der Waals surface area contributed by atoms with Gasteiger partial charge in [-0.2, -0.15) is 0 Å². The van der Waals surface area contributed by atoms with Crippen LogP contribution in [-0.2, 0) is 6.54 Å². The molecule has 0 radical (unpaired) electrons. The molecule has 0 fully saturated rings. The van der Waals surface area contributed by atoms with E-state index in [0.717, 1.165) is 38.2 Å². The molecular formula is C21H29FN6O2. The van der Waals surface area contributed by atoms with Crippen LogP contribution >= 0.6 is 0 Å². The van der Waals surface area contributed by atoms with E-state index >= 15 is 0 Å². The summed E-state index contributed by atoms with van der Waals surface area (Å²) >= 11 is 0. The fourth-order valence-corrected chi connectivity index (χ4v) is 3.64. The Morgan fingerprint density at radius 2 is 1.90 bits per heavy atom. The summed E-state index contributed by atoms with van der Waals surface area (Å²) in [6, 6.07) is 5.89. The van der Waals surface area contributed by atoms with Crippen LogP contribution in [0.5, 0.6) is 0 Å². The highest BCUT2D eigenvalue weighted by molar-refractivity contribution is 5.92. The fraction of sp³-hybridized carbons (Fsp3) is 0.524. The van der Waals surface area contributed by atoms with E-state index in [9.17, 15) is 14.0 Å². The topological polar surface area (TPSA) is 83.4 Å². The van der Waals surface area contributed by atoms with Crippen molar-refractivity contribution in [2.75, 3.05) is 31.1 Å². The molecule has 2 heterocycles. The van der Waals surface area contributed by atoms with Crippen molar-refractivity contribution in [1.29, 1.82) is 0 Å². The van der Waals surface area contributed by atoms with E-state index in [0.29, 0.717) is 19.0 Å². The van der Waals surface area contributed by atoms with Gasteiger partial charge < -0.3 is 15.1 Å². The van der Waals surface area contributed by atoms with Crippen LogP contribution in [-0.4, -0.2) is 57.8 Å². The molecule has 2 aromatic rings. The smallest absolute Gasteiger partial charge is 0.286 e. The highest BCUT2D eigenvalue weighted by atomic mass is 19.1. The average Bonchev–Trinajstić information content (AvgIpc) is 3.17. The van der Waals surface area contributed by atoms with E-state index < -0.39 is 11.5 Å². The lowest BCUT2D eigenvalue weighted by molar-refractivity contribution is 0.0928. The summed E-state index contributed by atoms with van der Waals surface area (Å²) in [4.78, 5) is 29.5. The van der Waals surface area contributed by atoms with Crippen molar-refractivity contribution in [3.8, 4) is 0 Å². The normalized spacial score (nSPS) is 14.1. The van der Waals surface area contributed by atoms with Crippen molar-refractivity contribution < 1.29 is 9.18 Å². The standard InChI is InChI=1S/C21H29FN6O2/c1-4-26(5-2)12-6-7-15(3)23-19(29)18-20(30)28-14-13-27(21(28)25-24-18)17-10-8-16(22)9-11-17/h8-11,15H,4-7,12-14H2,1-3H3,(H,23,29)/t15-/m1/s1. The molecule has 30 heavy (non-hydrogen) atoms. The second-order valence-electron chi connectivity index (χ2n) is 7.48. The minimum Gasteiger partial charge on any atom is -0.348 e. The molecule has 1 aromatic carbocycles. The Kier molecular flexibility index (Phi) is 7.15. The molecule has 1 aromatic heterocycles. The van der Waals surface area contributed by atoms with Gasteiger partial charge in [0.15, 0.2) is 0 Å². The molecule has 0 aliphatic carbocycles. The third kappa shape index (κ3) is 4.84. The van der Waals surface area contributed by atoms with Gasteiger partial charge in [-0.05, 0) is 63.7 Å². The van der Waals surface area contributed by atoms with Crippen molar-refractivity contribution in [3.05, 3.63) is 46.1 Å². The highest BCUT2D eigenvalue weighted by Crippen LogP contribution is 2.26. The number of carbonyl (C=O) groups excluding carboxylic acids is 1. The second kappa shape index (κ2) is 9.80. The number of benzene rings is 1. The number of carbonyl (C=O) groups is 1. The predicted molar refractivity (Wildman–Crippen MR) is 114 cm³/mol. The maximum absolute atomic E-state index is 13.2. The van der Waals surface area contributed by atoms with Crippen molar-refractivity contribution in [2.24, 2.45) is 0 Å². The van der Waals surface area contributed by atoms with Gasteiger partial charge in [-0.25, -0.2) is 4.39 Å². The Hall–Kier alpha value is -2.81. The average molecular weight is 417 g/mol. The number of nitrogens with one attached hydrogen (secondary N) is 1. The summed E-state index contributed by atoms with van der Waals surface area (Å²) in [7, 11) is 0. The van der Waals surface area contributed by atoms with E-state index in [1.54, 1.807) is 17.0 Å². The van der Waals surface area contributed by atoms with E-state index in [1.165, 1.54) is 16.7 Å². The minimum atomic E-state index is -0.502.